The molecule has 0 spiro atoms. The van der Waals surface area contributed by atoms with E-state index in [1.807, 2.05) is 12.2 Å². The molecule has 1 fully saturated rings. The highest BCUT2D eigenvalue weighted by atomic mass is 31.2. The van der Waals surface area contributed by atoms with E-state index in [2.05, 4.69) is 62.5 Å². The zero-order valence-electron chi connectivity index (χ0n) is 30.8. The van der Waals surface area contributed by atoms with E-state index >= 15 is 0 Å². The van der Waals surface area contributed by atoms with Crippen molar-refractivity contribution in [1.29, 1.82) is 0 Å². The van der Waals surface area contributed by atoms with Gasteiger partial charge in [-0.25, -0.2) is 4.57 Å². The second-order valence-electron chi connectivity index (χ2n) is 12.7. The molecule has 1 saturated carbocycles. The van der Waals surface area contributed by atoms with Crippen LogP contribution in [0.4, 0.5) is 0 Å². The Bertz CT molecular complexity index is 1150. The van der Waals surface area contributed by atoms with Gasteiger partial charge in [0, 0.05) is 12.8 Å². The van der Waals surface area contributed by atoms with Crippen LogP contribution in [0.1, 0.15) is 110 Å². The van der Waals surface area contributed by atoms with Gasteiger partial charge in [-0.3, -0.25) is 18.6 Å². The number of hydrogen-bond acceptors (Lipinski definition) is 12. The van der Waals surface area contributed by atoms with Gasteiger partial charge >= 0.3 is 19.8 Å². The highest BCUT2D eigenvalue weighted by Gasteiger charge is 2.51. The number of phosphoric acid groups is 1. The lowest BCUT2D eigenvalue weighted by atomic mass is 9.85. The summed E-state index contributed by atoms with van der Waals surface area (Å²) in [5.41, 5.74) is 0. The van der Waals surface area contributed by atoms with Gasteiger partial charge in [0.1, 0.15) is 43.2 Å². The fourth-order valence-corrected chi connectivity index (χ4v) is 6.06. The SMILES string of the molecule is CC/C=C\C/C=C\C/C=C\C/C=C\C/C=C\CCCC(=O)OC(COC(=O)CCCCCCCC)COP(=O)(O)OC1C(O)C(O)C(O)C(O)C1O. The molecule has 1 rings (SSSR count). The number of aliphatic hydroxyl groups is 5. The van der Waals surface area contributed by atoms with E-state index in [1.54, 1.807) is 0 Å². The van der Waals surface area contributed by atoms with E-state index in [1.165, 1.54) is 0 Å². The van der Waals surface area contributed by atoms with Gasteiger partial charge in [-0.1, -0.05) is 107 Å². The number of phosphoric ester groups is 1. The van der Waals surface area contributed by atoms with Crippen LogP contribution in [0.5, 0.6) is 0 Å². The molecule has 298 valence electrons. The zero-order valence-corrected chi connectivity index (χ0v) is 31.7. The van der Waals surface area contributed by atoms with Gasteiger partial charge in [-0.15, -0.1) is 0 Å². The predicted molar refractivity (Wildman–Crippen MR) is 198 cm³/mol. The molecule has 14 heteroatoms. The Morgan fingerprint density at radius 1 is 0.615 bits per heavy atom. The van der Waals surface area contributed by atoms with E-state index in [4.69, 9.17) is 18.5 Å². The summed E-state index contributed by atoms with van der Waals surface area (Å²) < 4.78 is 33.1. The number of carbonyl (C=O) groups excluding carboxylic acids is 2. The minimum Gasteiger partial charge on any atom is -0.462 e. The summed E-state index contributed by atoms with van der Waals surface area (Å²) in [6.07, 6.45) is 19.2. The topological polar surface area (TPSA) is 210 Å². The number of unbranched alkanes of at least 4 members (excludes halogenated alkanes) is 6. The minimum absolute atomic E-state index is 0.0162. The van der Waals surface area contributed by atoms with Crippen LogP contribution in [-0.2, 0) is 32.7 Å². The van der Waals surface area contributed by atoms with Crippen LogP contribution in [0, 0.1) is 0 Å². The van der Waals surface area contributed by atoms with Crippen molar-refractivity contribution < 1.29 is 63.1 Å². The summed E-state index contributed by atoms with van der Waals surface area (Å²) >= 11 is 0. The Morgan fingerprint density at radius 2 is 1.10 bits per heavy atom. The van der Waals surface area contributed by atoms with Crippen molar-refractivity contribution in [2.45, 2.75) is 153 Å². The first-order chi connectivity index (χ1) is 24.9. The molecule has 13 nitrogen and oxygen atoms in total. The highest BCUT2D eigenvalue weighted by molar-refractivity contribution is 7.47. The average Bonchev–Trinajstić information content (AvgIpc) is 3.12. The Kier molecular flexibility index (Phi) is 26.5. The Hall–Kier alpha value is -2.45. The third kappa shape index (κ3) is 21.9. The van der Waals surface area contributed by atoms with Crippen molar-refractivity contribution in [3.05, 3.63) is 60.8 Å². The number of aliphatic hydroxyl groups excluding tert-OH is 5. The van der Waals surface area contributed by atoms with Gasteiger partial charge in [-0.05, 0) is 51.4 Å². The van der Waals surface area contributed by atoms with Gasteiger partial charge in [-0.2, -0.15) is 0 Å². The number of rotatable bonds is 28. The van der Waals surface area contributed by atoms with Crippen LogP contribution in [-0.4, -0.2) is 98.3 Å². The molecular formula is C38H63O13P. The molecular weight excluding hydrogens is 695 g/mol. The van der Waals surface area contributed by atoms with Crippen molar-refractivity contribution >= 4 is 19.8 Å². The van der Waals surface area contributed by atoms with Crippen molar-refractivity contribution in [2.75, 3.05) is 13.2 Å². The van der Waals surface area contributed by atoms with E-state index in [0.29, 0.717) is 19.3 Å². The van der Waals surface area contributed by atoms with Gasteiger partial charge in [0.25, 0.3) is 0 Å². The third-order valence-electron chi connectivity index (χ3n) is 8.12. The molecule has 0 aromatic carbocycles. The predicted octanol–water partition coefficient (Wildman–Crippen LogP) is 5.43. The monoisotopic (exact) mass is 758 g/mol. The number of ether oxygens (including phenoxy) is 2. The molecule has 6 N–H and O–H groups in total. The maximum absolute atomic E-state index is 12.7. The van der Waals surface area contributed by atoms with Crippen LogP contribution in [0.2, 0.25) is 0 Å². The fourth-order valence-electron chi connectivity index (χ4n) is 5.08. The van der Waals surface area contributed by atoms with Crippen LogP contribution in [0.3, 0.4) is 0 Å². The van der Waals surface area contributed by atoms with Crippen molar-refractivity contribution in [3.8, 4) is 0 Å². The Balaban J connectivity index is 2.57. The molecule has 0 aromatic rings. The van der Waals surface area contributed by atoms with Crippen LogP contribution < -0.4 is 0 Å². The molecule has 0 amide bonds. The molecule has 1 aliphatic rings. The molecule has 0 bridgehead atoms. The molecule has 1 aliphatic carbocycles. The van der Waals surface area contributed by atoms with Crippen LogP contribution in [0.15, 0.2) is 60.8 Å². The molecule has 52 heavy (non-hydrogen) atoms. The van der Waals surface area contributed by atoms with E-state index < -0.39 is 75.7 Å². The summed E-state index contributed by atoms with van der Waals surface area (Å²) in [6.45, 7) is 3.00. The van der Waals surface area contributed by atoms with Gasteiger partial charge in [0.2, 0.25) is 0 Å². The maximum Gasteiger partial charge on any atom is 0.472 e. The number of hydrogen-bond donors (Lipinski definition) is 6. The van der Waals surface area contributed by atoms with Gasteiger partial charge in [0.05, 0.1) is 6.61 Å². The maximum atomic E-state index is 12.7. The number of esters is 2. The summed E-state index contributed by atoms with van der Waals surface area (Å²) in [6, 6.07) is 0. The van der Waals surface area contributed by atoms with Gasteiger partial charge in [0.15, 0.2) is 6.10 Å². The zero-order chi connectivity index (χ0) is 38.6. The molecule has 6 atom stereocenters. The minimum atomic E-state index is -5.12. The Morgan fingerprint density at radius 3 is 1.65 bits per heavy atom. The fraction of sp³-hybridized carbons (Fsp3) is 0.684. The van der Waals surface area contributed by atoms with Crippen LogP contribution in [0.25, 0.3) is 0 Å². The first-order valence-electron chi connectivity index (χ1n) is 18.6. The lowest BCUT2D eigenvalue weighted by Gasteiger charge is -2.41. The lowest BCUT2D eigenvalue weighted by Crippen LogP contribution is -2.64. The summed E-state index contributed by atoms with van der Waals surface area (Å²) in [5, 5.41) is 49.8. The number of allylic oxidation sites excluding steroid dienone is 10. The summed E-state index contributed by atoms with van der Waals surface area (Å²) in [7, 11) is -5.12. The third-order valence-corrected chi connectivity index (χ3v) is 9.11. The van der Waals surface area contributed by atoms with Crippen molar-refractivity contribution in [2.24, 2.45) is 0 Å². The standard InChI is InChI=1S/C38H63O13P/c1-3-5-7-9-11-12-13-14-15-16-17-18-19-20-21-23-25-27-32(40)50-30(28-48-31(39)26-24-22-10-8-6-4-2)29-49-52(46,47)51-38-36(44)34(42)33(41)35(43)37(38)45/h5,7,11-12,14-15,17-18,20-21,30,33-38,41-45H,3-4,6,8-10,13,16,19,22-29H2,1-2H3,(H,46,47)/b7-5-,12-11-,15-14-,18-17-,21-20-. The summed E-state index contributed by atoms with van der Waals surface area (Å²) in [5.74, 6) is -1.19. The number of carbonyl (C=O) groups is 2. The first-order valence-corrected chi connectivity index (χ1v) is 20.1. The average molecular weight is 759 g/mol. The smallest absolute Gasteiger partial charge is 0.462 e. The molecule has 0 saturated heterocycles. The highest BCUT2D eigenvalue weighted by Crippen LogP contribution is 2.47. The normalized spacial score (nSPS) is 24.4. The van der Waals surface area contributed by atoms with Gasteiger partial charge < -0.3 is 39.9 Å². The molecule has 0 heterocycles. The van der Waals surface area contributed by atoms with Crippen LogP contribution >= 0.6 is 7.82 Å². The first kappa shape index (κ1) is 47.6. The second kappa shape index (κ2) is 29.0. The quantitative estimate of drug-likeness (QED) is 0.0255. The van der Waals surface area contributed by atoms with E-state index in [0.717, 1.165) is 64.2 Å². The summed E-state index contributed by atoms with van der Waals surface area (Å²) in [4.78, 5) is 35.2. The van der Waals surface area contributed by atoms with E-state index in [-0.39, 0.29) is 12.8 Å². The molecule has 0 radical (unpaired) electrons. The Labute approximate surface area is 309 Å². The van der Waals surface area contributed by atoms with Crippen molar-refractivity contribution in [1.82, 2.24) is 0 Å². The largest absolute Gasteiger partial charge is 0.472 e. The molecule has 6 unspecified atom stereocenters. The molecule has 0 aromatic heterocycles. The van der Waals surface area contributed by atoms with Crippen molar-refractivity contribution in [3.63, 3.8) is 0 Å². The second-order valence-corrected chi connectivity index (χ2v) is 14.1. The van der Waals surface area contributed by atoms with E-state index in [9.17, 15) is 44.6 Å². The lowest BCUT2D eigenvalue weighted by molar-refractivity contribution is -0.220. The molecule has 0 aliphatic heterocycles.